The third-order valence-corrected chi connectivity index (χ3v) is 7.38. The van der Waals surface area contributed by atoms with E-state index >= 15 is 0 Å². The van der Waals surface area contributed by atoms with E-state index in [0.29, 0.717) is 25.8 Å². The van der Waals surface area contributed by atoms with Crippen molar-refractivity contribution in [3.63, 3.8) is 0 Å². The molecule has 4 unspecified atom stereocenters. The van der Waals surface area contributed by atoms with Crippen molar-refractivity contribution in [1.29, 1.82) is 0 Å². The maximum atomic E-state index is 13.2. The molecule has 8 heteroatoms. The first-order chi connectivity index (χ1) is 16.4. The number of carbonyl (C=O) groups is 3. The van der Waals surface area contributed by atoms with E-state index in [1.54, 1.807) is 4.90 Å². The van der Waals surface area contributed by atoms with Crippen molar-refractivity contribution in [1.82, 2.24) is 10.2 Å². The molecule has 2 fully saturated rings. The summed E-state index contributed by atoms with van der Waals surface area (Å²) in [5, 5.41) is 21.9. The predicted octanol–water partition coefficient (Wildman–Crippen LogP) is 2.74. The second-order valence-corrected chi connectivity index (χ2v) is 9.41. The van der Waals surface area contributed by atoms with Crippen LogP contribution in [-0.4, -0.2) is 64.4 Å². The smallest absolute Gasteiger partial charge is 0.407 e. The van der Waals surface area contributed by atoms with Crippen LogP contribution in [0.1, 0.15) is 42.7 Å². The van der Waals surface area contributed by atoms with Gasteiger partial charge in [-0.2, -0.15) is 0 Å². The van der Waals surface area contributed by atoms with Crippen LogP contribution in [0.25, 0.3) is 11.1 Å². The number of carboxylic acid groups (broad SMARTS) is 1. The average Bonchev–Trinajstić information content (AvgIpc) is 3.35. The molecule has 1 saturated heterocycles. The number of hydrogen-bond donors (Lipinski definition) is 3. The maximum Gasteiger partial charge on any atom is 0.407 e. The summed E-state index contributed by atoms with van der Waals surface area (Å²) < 4.78 is 5.51. The SMILES string of the molecule is O=C(O)CC(NC(=O)OCC1c2ccccc2-c2ccccc21)C(=O)N1CC2CC1CCC2O. The van der Waals surface area contributed by atoms with E-state index in [1.165, 1.54) is 0 Å². The summed E-state index contributed by atoms with van der Waals surface area (Å²) in [5.74, 6) is -1.74. The summed E-state index contributed by atoms with van der Waals surface area (Å²) in [5.41, 5.74) is 4.34. The molecular formula is C26H28N2O6. The number of likely N-dealkylation sites (tertiary alicyclic amines) is 1. The molecule has 5 rings (SSSR count). The van der Waals surface area contributed by atoms with Crippen LogP contribution in [0.15, 0.2) is 48.5 Å². The number of alkyl carbamates (subject to hydrolysis) is 1. The van der Waals surface area contributed by atoms with Gasteiger partial charge in [0.1, 0.15) is 12.6 Å². The van der Waals surface area contributed by atoms with E-state index in [4.69, 9.17) is 4.74 Å². The zero-order valence-corrected chi connectivity index (χ0v) is 18.7. The van der Waals surface area contributed by atoms with E-state index in [0.717, 1.165) is 22.3 Å². The lowest BCUT2D eigenvalue weighted by Gasteiger charge is -2.29. The number of aliphatic hydroxyl groups is 1. The minimum absolute atomic E-state index is 0.00244. The highest BCUT2D eigenvalue weighted by atomic mass is 16.5. The number of ether oxygens (including phenoxy) is 1. The molecule has 34 heavy (non-hydrogen) atoms. The van der Waals surface area contributed by atoms with E-state index < -0.39 is 36.5 Å². The molecule has 1 saturated carbocycles. The summed E-state index contributed by atoms with van der Waals surface area (Å²) in [6, 6.07) is 14.7. The monoisotopic (exact) mass is 464 g/mol. The molecule has 0 radical (unpaired) electrons. The Kier molecular flexibility index (Phi) is 6.00. The van der Waals surface area contributed by atoms with E-state index in [1.807, 2.05) is 48.5 Å². The van der Waals surface area contributed by atoms with Gasteiger partial charge >= 0.3 is 12.1 Å². The Balaban J connectivity index is 1.26. The molecule has 2 aromatic carbocycles. The van der Waals surface area contributed by atoms with Crippen molar-refractivity contribution in [3.8, 4) is 11.1 Å². The Morgan fingerprint density at radius 1 is 1.03 bits per heavy atom. The van der Waals surface area contributed by atoms with Gasteiger partial charge in [0.05, 0.1) is 12.5 Å². The molecule has 1 heterocycles. The number of carboxylic acids is 1. The van der Waals surface area contributed by atoms with Crippen molar-refractivity contribution in [3.05, 3.63) is 59.7 Å². The number of rotatable bonds is 6. The highest BCUT2D eigenvalue weighted by Gasteiger charge is 2.44. The van der Waals surface area contributed by atoms with E-state index in [9.17, 15) is 24.6 Å². The van der Waals surface area contributed by atoms with Crippen LogP contribution in [-0.2, 0) is 14.3 Å². The number of nitrogens with zero attached hydrogens (tertiary/aromatic N) is 1. The number of fused-ring (bicyclic) bond motifs is 5. The summed E-state index contributed by atoms with van der Waals surface area (Å²) in [7, 11) is 0. The highest BCUT2D eigenvalue weighted by molar-refractivity contribution is 5.89. The molecule has 3 N–H and O–H groups in total. The fourth-order valence-electron chi connectivity index (χ4n) is 5.73. The number of aliphatic carboxylic acids is 1. The van der Waals surface area contributed by atoms with Crippen LogP contribution in [0.3, 0.4) is 0 Å². The molecule has 2 amide bonds. The number of carbonyl (C=O) groups excluding carboxylic acids is 2. The second-order valence-electron chi connectivity index (χ2n) is 9.41. The largest absolute Gasteiger partial charge is 0.481 e. The fourth-order valence-corrected chi connectivity index (χ4v) is 5.73. The molecule has 4 atom stereocenters. The zero-order chi connectivity index (χ0) is 23.8. The van der Waals surface area contributed by atoms with Gasteiger partial charge in [0.25, 0.3) is 0 Å². The first kappa shape index (κ1) is 22.4. The molecule has 2 aromatic rings. The molecule has 0 aromatic heterocycles. The average molecular weight is 465 g/mol. The van der Waals surface area contributed by atoms with Crippen LogP contribution >= 0.6 is 0 Å². The fraction of sp³-hybridized carbons (Fsp3) is 0.423. The number of amides is 2. The first-order valence-corrected chi connectivity index (χ1v) is 11.7. The van der Waals surface area contributed by atoms with Crippen molar-refractivity contribution in [2.45, 2.75) is 49.8 Å². The Hall–Kier alpha value is -3.39. The number of benzene rings is 2. The van der Waals surface area contributed by atoms with Gasteiger partial charge in [-0.3, -0.25) is 9.59 Å². The molecule has 2 bridgehead atoms. The molecule has 0 spiro atoms. The minimum atomic E-state index is -1.22. The van der Waals surface area contributed by atoms with Crippen molar-refractivity contribution < 1.29 is 29.3 Å². The lowest BCUT2D eigenvalue weighted by atomic mass is 9.88. The van der Waals surface area contributed by atoms with Crippen molar-refractivity contribution >= 4 is 18.0 Å². The Morgan fingerprint density at radius 3 is 2.29 bits per heavy atom. The van der Waals surface area contributed by atoms with Gasteiger partial charge in [0, 0.05) is 24.4 Å². The van der Waals surface area contributed by atoms with Crippen LogP contribution < -0.4 is 5.32 Å². The number of aliphatic hydroxyl groups excluding tert-OH is 1. The van der Waals surface area contributed by atoms with Gasteiger partial charge in [-0.25, -0.2) is 4.79 Å². The van der Waals surface area contributed by atoms with Crippen LogP contribution in [0, 0.1) is 5.92 Å². The standard InChI is InChI=1S/C26H28N2O6/c29-23-10-9-16-11-15(23)13-28(16)25(32)22(12-24(30)31)27-26(33)34-14-21-19-7-3-1-5-17(19)18-6-2-4-8-20(18)21/h1-8,15-16,21-23,29H,9-14H2,(H,27,33)(H,30,31). The quantitative estimate of drug-likeness (QED) is 0.605. The molecule has 178 valence electrons. The maximum absolute atomic E-state index is 13.2. The lowest BCUT2D eigenvalue weighted by Crippen LogP contribution is -2.51. The number of nitrogens with one attached hydrogen (secondary N) is 1. The Bertz CT molecular complexity index is 1070. The Morgan fingerprint density at radius 2 is 1.68 bits per heavy atom. The van der Waals surface area contributed by atoms with Crippen LogP contribution in [0.4, 0.5) is 4.79 Å². The van der Waals surface area contributed by atoms with Gasteiger partial charge in [-0.05, 0) is 41.5 Å². The van der Waals surface area contributed by atoms with Crippen molar-refractivity contribution in [2.24, 2.45) is 5.92 Å². The van der Waals surface area contributed by atoms with E-state index in [2.05, 4.69) is 5.32 Å². The van der Waals surface area contributed by atoms with Crippen molar-refractivity contribution in [2.75, 3.05) is 13.2 Å². The molecule has 1 aliphatic heterocycles. The zero-order valence-electron chi connectivity index (χ0n) is 18.7. The number of hydrogen-bond acceptors (Lipinski definition) is 5. The summed E-state index contributed by atoms with van der Waals surface area (Å²) >= 11 is 0. The predicted molar refractivity (Wildman–Crippen MR) is 123 cm³/mol. The first-order valence-electron chi connectivity index (χ1n) is 11.7. The minimum Gasteiger partial charge on any atom is -0.481 e. The molecular weight excluding hydrogens is 436 g/mol. The van der Waals surface area contributed by atoms with Gasteiger partial charge in [-0.1, -0.05) is 48.5 Å². The summed E-state index contributed by atoms with van der Waals surface area (Å²) in [6.45, 7) is 0.460. The third-order valence-electron chi connectivity index (χ3n) is 7.38. The summed E-state index contributed by atoms with van der Waals surface area (Å²) in [6.07, 6.45) is 0.221. The van der Waals surface area contributed by atoms with Gasteiger partial charge < -0.3 is 25.2 Å². The topological polar surface area (TPSA) is 116 Å². The Labute approximate surface area is 197 Å². The van der Waals surface area contributed by atoms with Crippen LogP contribution in [0.5, 0.6) is 0 Å². The van der Waals surface area contributed by atoms with E-state index in [-0.39, 0.29) is 24.5 Å². The van der Waals surface area contributed by atoms with Gasteiger partial charge in [0.2, 0.25) is 5.91 Å². The second kappa shape index (κ2) is 9.10. The normalized spacial score (nSPS) is 23.7. The molecule has 2 aliphatic carbocycles. The van der Waals surface area contributed by atoms with Gasteiger partial charge in [0.15, 0.2) is 0 Å². The van der Waals surface area contributed by atoms with Gasteiger partial charge in [-0.15, -0.1) is 0 Å². The molecule has 8 nitrogen and oxygen atoms in total. The lowest BCUT2D eigenvalue weighted by molar-refractivity contribution is -0.143. The molecule has 3 aliphatic rings. The third kappa shape index (κ3) is 4.14. The highest BCUT2D eigenvalue weighted by Crippen LogP contribution is 2.44. The summed E-state index contributed by atoms with van der Waals surface area (Å²) in [4.78, 5) is 38.9. The van der Waals surface area contributed by atoms with Crippen LogP contribution in [0.2, 0.25) is 0 Å².